The summed E-state index contributed by atoms with van der Waals surface area (Å²) in [4.78, 5) is 12.2. The van der Waals surface area contributed by atoms with Crippen molar-refractivity contribution in [2.45, 2.75) is 0 Å². The maximum absolute atomic E-state index is 10.6. The number of rotatable bonds is 6. The van der Waals surface area contributed by atoms with Crippen LogP contribution in [0.25, 0.3) is 0 Å². The Hall–Kier alpha value is -1.62. The summed E-state index contributed by atoms with van der Waals surface area (Å²) in [6.07, 6.45) is 3.55. The monoisotopic (exact) mass is 296 g/mol. The van der Waals surface area contributed by atoms with Crippen molar-refractivity contribution in [3.63, 3.8) is 0 Å². The standard InChI is InChI=1S/C12H13BrN2O2/c1-3-7-14(8-4-2)12-6-5-10(15(16)17)9-11(12)13/h3-6,9H,1-2,7-8H2. The number of nitro groups is 1. The van der Waals surface area contributed by atoms with E-state index in [2.05, 4.69) is 29.1 Å². The first-order valence-corrected chi connectivity index (χ1v) is 5.80. The largest absolute Gasteiger partial charge is 0.363 e. The van der Waals surface area contributed by atoms with Gasteiger partial charge >= 0.3 is 0 Å². The van der Waals surface area contributed by atoms with Gasteiger partial charge in [0.2, 0.25) is 0 Å². The molecule has 1 rings (SSSR count). The fourth-order valence-electron chi connectivity index (χ4n) is 1.45. The zero-order valence-electron chi connectivity index (χ0n) is 9.30. The molecule has 1 aromatic carbocycles. The fourth-order valence-corrected chi connectivity index (χ4v) is 2.07. The highest BCUT2D eigenvalue weighted by Crippen LogP contribution is 2.30. The van der Waals surface area contributed by atoms with Crippen LogP contribution in [-0.4, -0.2) is 18.0 Å². The first kappa shape index (κ1) is 13.4. The Morgan fingerprint density at radius 2 is 1.94 bits per heavy atom. The molecule has 0 spiro atoms. The summed E-state index contributed by atoms with van der Waals surface area (Å²) in [6, 6.07) is 4.70. The highest BCUT2D eigenvalue weighted by atomic mass is 79.9. The molecule has 0 aliphatic rings. The molecule has 0 bridgehead atoms. The van der Waals surface area contributed by atoms with Gasteiger partial charge in [0.25, 0.3) is 5.69 Å². The Balaban J connectivity index is 3.07. The molecule has 0 N–H and O–H groups in total. The molecule has 90 valence electrons. The lowest BCUT2D eigenvalue weighted by atomic mass is 10.2. The molecular formula is C12H13BrN2O2. The van der Waals surface area contributed by atoms with Gasteiger partial charge < -0.3 is 4.90 Å². The minimum absolute atomic E-state index is 0.0674. The number of halogens is 1. The molecule has 5 heteroatoms. The van der Waals surface area contributed by atoms with Crippen molar-refractivity contribution in [3.05, 3.63) is 58.1 Å². The van der Waals surface area contributed by atoms with Crippen LogP contribution in [0.2, 0.25) is 0 Å². The second-order valence-corrected chi connectivity index (χ2v) is 4.23. The van der Waals surface area contributed by atoms with Gasteiger partial charge in [0, 0.05) is 29.7 Å². The summed E-state index contributed by atoms with van der Waals surface area (Å²) in [5.74, 6) is 0. The van der Waals surface area contributed by atoms with E-state index in [9.17, 15) is 10.1 Å². The van der Waals surface area contributed by atoms with Crippen LogP contribution in [0, 0.1) is 10.1 Å². The Labute approximate surface area is 109 Å². The minimum atomic E-state index is -0.417. The van der Waals surface area contributed by atoms with E-state index in [0.717, 1.165) is 5.69 Å². The number of benzene rings is 1. The van der Waals surface area contributed by atoms with Crippen LogP contribution in [0.4, 0.5) is 11.4 Å². The molecule has 0 atom stereocenters. The van der Waals surface area contributed by atoms with E-state index in [-0.39, 0.29) is 5.69 Å². The van der Waals surface area contributed by atoms with Crippen LogP contribution >= 0.6 is 15.9 Å². The van der Waals surface area contributed by atoms with E-state index in [1.165, 1.54) is 12.1 Å². The lowest BCUT2D eigenvalue weighted by Gasteiger charge is -2.22. The summed E-state index contributed by atoms with van der Waals surface area (Å²) in [5, 5.41) is 10.6. The van der Waals surface area contributed by atoms with Gasteiger partial charge in [-0.3, -0.25) is 10.1 Å². The Morgan fingerprint density at radius 1 is 1.35 bits per heavy atom. The third kappa shape index (κ3) is 3.42. The molecule has 1 aromatic rings. The van der Waals surface area contributed by atoms with Gasteiger partial charge in [-0.25, -0.2) is 0 Å². The van der Waals surface area contributed by atoms with Crippen molar-refractivity contribution in [1.29, 1.82) is 0 Å². The van der Waals surface area contributed by atoms with E-state index in [1.807, 2.05) is 4.90 Å². The normalized spacial score (nSPS) is 9.71. The number of hydrogen-bond donors (Lipinski definition) is 0. The Kier molecular flexibility index (Phi) is 4.90. The van der Waals surface area contributed by atoms with Gasteiger partial charge in [-0.1, -0.05) is 12.2 Å². The van der Waals surface area contributed by atoms with E-state index >= 15 is 0 Å². The van der Waals surface area contributed by atoms with Crippen LogP contribution in [0.15, 0.2) is 48.0 Å². The molecule has 0 radical (unpaired) electrons. The second-order valence-electron chi connectivity index (χ2n) is 3.38. The number of non-ortho nitro benzene ring substituents is 1. The smallest absolute Gasteiger partial charge is 0.270 e. The SMILES string of the molecule is C=CCN(CC=C)c1ccc([N+](=O)[O-])cc1Br. The van der Waals surface area contributed by atoms with E-state index in [1.54, 1.807) is 18.2 Å². The molecule has 0 saturated heterocycles. The maximum atomic E-state index is 10.6. The molecule has 0 amide bonds. The minimum Gasteiger partial charge on any atom is -0.363 e. The second kappa shape index (κ2) is 6.20. The van der Waals surface area contributed by atoms with Gasteiger partial charge in [0.05, 0.1) is 10.6 Å². The van der Waals surface area contributed by atoms with Crippen molar-refractivity contribution < 1.29 is 4.92 Å². The molecule has 0 saturated carbocycles. The Bertz CT molecular complexity index is 436. The quantitative estimate of drug-likeness (QED) is 0.458. The molecule has 17 heavy (non-hydrogen) atoms. The van der Waals surface area contributed by atoms with E-state index in [0.29, 0.717) is 17.6 Å². The average molecular weight is 297 g/mol. The predicted octanol–water partition coefficient (Wildman–Crippen LogP) is 3.54. The van der Waals surface area contributed by atoms with Crippen LogP contribution in [-0.2, 0) is 0 Å². The number of nitrogens with zero attached hydrogens (tertiary/aromatic N) is 2. The van der Waals surface area contributed by atoms with E-state index in [4.69, 9.17) is 0 Å². The van der Waals surface area contributed by atoms with Crippen molar-refractivity contribution in [3.8, 4) is 0 Å². The molecule has 0 aromatic heterocycles. The van der Waals surface area contributed by atoms with Gasteiger partial charge in [-0.2, -0.15) is 0 Å². The summed E-state index contributed by atoms with van der Waals surface area (Å²) >= 11 is 3.34. The molecule has 0 unspecified atom stereocenters. The summed E-state index contributed by atoms with van der Waals surface area (Å²) < 4.78 is 0.690. The highest BCUT2D eigenvalue weighted by molar-refractivity contribution is 9.10. The first-order valence-electron chi connectivity index (χ1n) is 5.00. The molecular weight excluding hydrogens is 284 g/mol. The lowest BCUT2D eigenvalue weighted by molar-refractivity contribution is -0.384. The number of hydrogen-bond acceptors (Lipinski definition) is 3. The van der Waals surface area contributed by atoms with Crippen molar-refractivity contribution in [2.75, 3.05) is 18.0 Å². The van der Waals surface area contributed by atoms with Gasteiger partial charge in [-0.15, -0.1) is 13.2 Å². The van der Waals surface area contributed by atoms with Crippen molar-refractivity contribution in [2.24, 2.45) is 0 Å². The van der Waals surface area contributed by atoms with Crippen LogP contribution in [0.1, 0.15) is 0 Å². The third-order valence-corrected chi connectivity index (χ3v) is 2.82. The number of anilines is 1. The zero-order valence-corrected chi connectivity index (χ0v) is 10.9. The molecule has 0 aliphatic carbocycles. The highest BCUT2D eigenvalue weighted by Gasteiger charge is 2.12. The van der Waals surface area contributed by atoms with Crippen LogP contribution < -0.4 is 4.90 Å². The van der Waals surface area contributed by atoms with Crippen LogP contribution in [0.3, 0.4) is 0 Å². The maximum Gasteiger partial charge on any atom is 0.270 e. The Morgan fingerprint density at radius 3 is 2.35 bits per heavy atom. The third-order valence-electron chi connectivity index (χ3n) is 2.18. The van der Waals surface area contributed by atoms with E-state index < -0.39 is 4.92 Å². The molecule has 0 fully saturated rings. The zero-order chi connectivity index (χ0) is 12.8. The van der Waals surface area contributed by atoms with Crippen LogP contribution in [0.5, 0.6) is 0 Å². The van der Waals surface area contributed by atoms with Gasteiger partial charge in [0.15, 0.2) is 0 Å². The summed E-state index contributed by atoms with van der Waals surface area (Å²) in [5.41, 5.74) is 0.952. The fraction of sp³-hybridized carbons (Fsp3) is 0.167. The van der Waals surface area contributed by atoms with Gasteiger partial charge in [0.1, 0.15) is 0 Å². The van der Waals surface area contributed by atoms with Crippen molar-refractivity contribution >= 4 is 27.3 Å². The average Bonchev–Trinajstić information content (AvgIpc) is 2.28. The summed E-state index contributed by atoms with van der Waals surface area (Å²) in [6.45, 7) is 8.68. The predicted molar refractivity (Wildman–Crippen MR) is 73.4 cm³/mol. The van der Waals surface area contributed by atoms with Gasteiger partial charge in [-0.05, 0) is 22.0 Å². The molecule has 0 heterocycles. The topological polar surface area (TPSA) is 46.4 Å². The first-order chi connectivity index (χ1) is 8.10. The lowest BCUT2D eigenvalue weighted by Crippen LogP contribution is -2.23. The number of nitro benzene ring substituents is 1. The summed E-state index contributed by atoms with van der Waals surface area (Å²) in [7, 11) is 0. The van der Waals surface area contributed by atoms with Crippen molar-refractivity contribution in [1.82, 2.24) is 0 Å². The molecule has 4 nitrogen and oxygen atoms in total. The molecule has 0 aliphatic heterocycles.